The topological polar surface area (TPSA) is 38.3 Å². The Kier molecular flexibility index (Phi) is 10.6. The maximum Gasteiger partial charge on any atom is 0.219 e. The summed E-state index contributed by atoms with van der Waals surface area (Å²) in [5.41, 5.74) is 0. The van der Waals surface area contributed by atoms with Crippen LogP contribution in [0.4, 0.5) is 0 Å². The summed E-state index contributed by atoms with van der Waals surface area (Å²) in [4.78, 5) is 11.1. The van der Waals surface area contributed by atoms with E-state index in [4.69, 9.17) is 4.74 Å². The van der Waals surface area contributed by atoms with Gasteiger partial charge >= 0.3 is 0 Å². The highest BCUT2D eigenvalue weighted by Crippen LogP contribution is 2.03. The summed E-state index contributed by atoms with van der Waals surface area (Å²) in [6, 6.07) is 0. The Labute approximate surface area is 92.9 Å². The fraction of sp³-hybridized carbons (Fsp3) is 0.750. The lowest BCUT2D eigenvalue weighted by Crippen LogP contribution is -2.21. The van der Waals surface area contributed by atoms with Crippen LogP contribution in [0.3, 0.4) is 0 Å². The van der Waals surface area contributed by atoms with Gasteiger partial charge in [0.25, 0.3) is 0 Å². The molecule has 0 bridgehead atoms. The highest BCUT2D eigenvalue weighted by atomic mass is 16.5. The normalized spacial score (nSPS) is 9.93. The van der Waals surface area contributed by atoms with E-state index in [1.807, 2.05) is 6.92 Å². The van der Waals surface area contributed by atoms with Crippen LogP contribution in [-0.2, 0) is 9.53 Å². The van der Waals surface area contributed by atoms with Gasteiger partial charge in [-0.05, 0) is 19.8 Å². The van der Waals surface area contributed by atoms with E-state index < -0.39 is 0 Å². The van der Waals surface area contributed by atoms with Crippen molar-refractivity contribution in [3.63, 3.8) is 0 Å². The summed E-state index contributed by atoms with van der Waals surface area (Å²) in [7, 11) is 0. The van der Waals surface area contributed by atoms with Crippen LogP contribution in [-0.4, -0.2) is 25.7 Å². The first-order valence-electron chi connectivity index (χ1n) is 5.76. The third kappa shape index (κ3) is 11.1. The van der Waals surface area contributed by atoms with E-state index >= 15 is 0 Å². The molecule has 0 saturated carbocycles. The van der Waals surface area contributed by atoms with Crippen molar-refractivity contribution < 1.29 is 9.53 Å². The number of hydrogen-bond acceptors (Lipinski definition) is 2. The molecule has 0 rings (SSSR count). The Morgan fingerprint density at radius 1 is 1.33 bits per heavy atom. The Bertz CT molecular complexity index is 169. The summed E-state index contributed by atoms with van der Waals surface area (Å²) < 4.78 is 5.25. The summed E-state index contributed by atoms with van der Waals surface area (Å²) in [6.45, 7) is 7.68. The van der Waals surface area contributed by atoms with E-state index in [-0.39, 0.29) is 5.91 Å². The second-order valence-corrected chi connectivity index (χ2v) is 3.48. The number of unbranched alkanes of at least 4 members (excludes halogenated alkanes) is 3. The van der Waals surface area contributed by atoms with Gasteiger partial charge in [-0.3, -0.25) is 4.79 Å². The van der Waals surface area contributed by atoms with Crippen molar-refractivity contribution in [2.45, 2.75) is 39.0 Å². The van der Waals surface area contributed by atoms with Gasteiger partial charge in [0.15, 0.2) is 0 Å². The van der Waals surface area contributed by atoms with E-state index in [9.17, 15) is 4.79 Å². The average Bonchev–Trinajstić information content (AvgIpc) is 2.22. The first-order chi connectivity index (χ1) is 7.31. The maximum absolute atomic E-state index is 11.1. The summed E-state index contributed by atoms with van der Waals surface area (Å²) >= 11 is 0. The molecule has 0 fully saturated rings. The van der Waals surface area contributed by atoms with Crippen molar-refractivity contribution in [2.24, 2.45) is 0 Å². The molecule has 0 aliphatic heterocycles. The minimum atomic E-state index is 0.167. The van der Waals surface area contributed by atoms with Crippen molar-refractivity contribution in [2.75, 3.05) is 19.8 Å². The van der Waals surface area contributed by atoms with E-state index in [0.717, 1.165) is 38.8 Å². The first kappa shape index (κ1) is 14.2. The molecule has 88 valence electrons. The number of hydrogen-bond donors (Lipinski definition) is 1. The molecule has 3 heteroatoms. The summed E-state index contributed by atoms with van der Waals surface area (Å²) in [6.07, 6.45) is 6.71. The van der Waals surface area contributed by atoms with E-state index in [1.54, 1.807) is 6.08 Å². The van der Waals surface area contributed by atoms with Crippen LogP contribution < -0.4 is 5.32 Å². The van der Waals surface area contributed by atoms with Crippen molar-refractivity contribution in [1.29, 1.82) is 0 Å². The standard InChI is InChI=1S/C12H23NO2/c1-3-10-15-11-8-6-5-7-9-12(14)13-4-2/h3H,1,4-11H2,2H3,(H,13,14). The molecular weight excluding hydrogens is 190 g/mol. The second kappa shape index (κ2) is 11.2. The largest absolute Gasteiger partial charge is 0.377 e. The van der Waals surface area contributed by atoms with Crippen LogP contribution in [0.25, 0.3) is 0 Å². The fourth-order valence-electron chi connectivity index (χ4n) is 1.30. The van der Waals surface area contributed by atoms with Gasteiger partial charge in [0, 0.05) is 19.6 Å². The zero-order valence-corrected chi connectivity index (χ0v) is 9.76. The Hall–Kier alpha value is -0.830. The number of amides is 1. The van der Waals surface area contributed by atoms with Gasteiger partial charge in [0.1, 0.15) is 0 Å². The third-order valence-electron chi connectivity index (χ3n) is 2.05. The number of carbonyl (C=O) groups is 1. The molecule has 3 nitrogen and oxygen atoms in total. The van der Waals surface area contributed by atoms with Crippen molar-refractivity contribution in [3.8, 4) is 0 Å². The van der Waals surface area contributed by atoms with Crippen LogP contribution in [0.15, 0.2) is 12.7 Å². The van der Waals surface area contributed by atoms with Crippen LogP contribution in [0.1, 0.15) is 39.0 Å². The molecule has 1 N–H and O–H groups in total. The van der Waals surface area contributed by atoms with E-state index in [2.05, 4.69) is 11.9 Å². The molecule has 15 heavy (non-hydrogen) atoms. The lowest BCUT2D eigenvalue weighted by atomic mass is 10.1. The highest BCUT2D eigenvalue weighted by Gasteiger charge is 1.98. The molecule has 0 spiro atoms. The fourth-order valence-corrected chi connectivity index (χ4v) is 1.30. The van der Waals surface area contributed by atoms with E-state index in [0.29, 0.717) is 13.0 Å². The zero-order chi connectivity index (χ0) is 11.4. The second-order valence-electron chi connectivity index (χ2n) is 3.48. The minimum absolute atomic E-state index is 0.167. The quantitative estimate of drug-likeness (QED) is 0.446. The van der Waals surface area contributed by atoms with Gasteiger partial charge in [0.2, 0.25) is 5.91 Å². The summed E-state index contributed by atoms with van der Waals surface area (Å²) in [5, 5.41) is 2.79. The van der Waals surface area contributed by atoms with Gasteiger partial charge < -0.3 is 10.1 Å². The average molecular weight is 213 g/mol. The molecular formula is C12H23NO2. The predicted octanol–water partition coefficient (Wildman–Crippen LogP) is 2.28. The van der Waals surface area contributed by atoms with Gasteiger partial charge in [-0.25, -0.2) is 0 Å². The molecule has 0 aromatic rings. The molecule has 0 aromatic carbocycles. The number of rotatable bonds is 10. The Morgan fingerprint density at radius 2 is 2.07 bits per heavy atom. The smallest absolute Gasteiger partial charge is 0.219 e. The lowest BCUT2D eigenvalue weighted by Gasteiger charge is -2.02. The minimum Gasteiger partial charge on any atom is -0.377 e. The van der Waals surface area contributed by atoms with Crippen LogP contribution in [0.2, 0.25) is 0 Å². The van der Waals surface area contributed by atoms with Crippen LogP contribution >= 0.6 is 0 Å². The maximum atomic E-state index is 11.1. The molecule has 0 aromatic heterocycles. The van der Waals surface area contributed by atoms with Gasteiger partial charge in [-0.15, -0.1) is 6.58 Å². The highest BCUT2D eigenvalue weighted by molar-refractivity contribution is 5.75. The summed E-state index contributed by atoms with van der Waals surface area (Å²) in [5.74, 6) is 0.167. The van der Waals surface area contributed by atoms with Crippen molar-refractivity contribution in [1.82, 2.24) is 5.32 Å². The van der Waals surface area contributed by atoms with Crippen LogP contribution in [0, 0.1) is 0 Å². The van der Waals surface area contributed by atoms with Gasteiger partial charge in [-0.2, -0.15) is 0 Å². The SMILES string of the molecule is C=CCOCCCCCCC(=O)NCC. The monoisotopic (exact) mass is 213 g/mol. The number of carbonyl (C=O) groups excluding carboxylic acids is 1. The Morgan fingerprint density at radius 3 is 2.73 bits per heavy atom. The molecule has 0 unspecified atom stereocenters. The molecule has 0 heterocycles. The molecule has 0 radical (unpaired) electrons. The first-order valence-corrected chi connectivity index (χ1v) is 5.76. The van der Waals surface area contributed by atoms with Crippen molar-refractivity contribution in [3.05, 3.63) is 12.7 Å². The number of ether oxygens (including phenoxy) is 1. The van der Waals surface area contributed by atoms with Crippen LogP contribution in [0.5, 0.6) is 0 Å². The lowest BCUT2D eigenvalue weighted by molar-refractivity contribution is -0.121. The third-order valence-corrected chi connectivity index (χ3v) is 2.05. The Balaban J connectivity index is 3.04. The molecule has 0 aliphatic rings. The van der Waals surface area contributed by atoms with Gasteiger partial charge in [-0.1, -0.05) is 18.9 Å². The molecule has 0 saturated heterocycles. The molecule has 0 atom stereocenters. The predicted molar refractivity (Wildman–Crippen MR) is 62.8 cm³/mol. The van der Waals surface area contributed by atoms with Crippen molar-refractivity contribution >= 4 is 5.91 Å². The molecule has 1 amide bonds. The van der Waals surface area contributed by atoms with Gasteiger partial charge in [0.05, 0.1) is 6.61 Å². The van der Waals surface area contributed by atoms with E-state index in [1.165, 1.54) is 0 Å². The number of nitrogens with one attached hydrogen (secondary N) is 1. The molecule has 0 aliphatic carbocycles. The zero-order valence-electron chi connectivity index (χ0n) is 9.76.